The van der Waals surface area contributed by atoms with Gasteiger partial charge in [-0.15, -0.1) is 0 Å². The Labute approximate surface area is 391 Å². The van der Waals surface area contributed by atoms with Gasteiger partial charge in [0.2, 0.25) is 12.0 Å². The molecule has 1 unspecified atom stereocenters. The summed E-state index contributed by atoms with van der Waals surface area (Å²) in [5.41, 5.74) is 7.20. The Morgan fingerprint density at radius 3 is 2.00 bits per heavy atom. The molecule has 2 atom stereocenters. The Morgan fingerprint density at radius 2 is 1.32 bits per heavy atom. The van der Waals surface area contributed by atoms with Crippen LogP contribution in [0.3, 0.4) is 0 Å². The van der Waals surface area contributed by atoms with E-state index in [0.29, 0.717) is 71.4 Å². The van der Waals surface area contributed by atoms with Crippen molar-refractivity contribution in [1.82, 2.24) is 0 Å². The third kappa shape index (κ3) is 8.15. The number of ether oxygens (including phenoxy) is 5. The fourth-order valence-electron chi connectivity index (χ4n) is 9.55. The average molecular weight is 918 g/mol. The minimum Gasteiger partial charge on any atom is -0.493 e. The van der Waals surface area contributed by atoms with Crippen molar-refractivity contribution in [2.45, 2.75) is 69.9 Å². The van der Waals surface area contributed by atoms with Crippen molar-refractivity contribution in [1.29, 1.82) is 0 Å². The number of aliphatic imine (C=N–C) groups is 1. The van der Waals surface area contributed by atoms with E-state index in [0.717, 1.165) is 33.6 Å². The summed E-state index contributed by atoms with van der Waals surface area (Å²) in [5.74, 6) is -0.872. The number of anilines is 4. The number of carbonyl (C=O) groups is 6. The molecule has 5 aromatic carbocycles. The van der Waals surface area contributed by atoms with Crippen LogP contribution in [0.25, 0.3) is 0 Å². The van der Waals surface area contributed by atoms with Gasteiger partial charge in [0, 0.05) is 81.1 Å². The number of ketones is 2. The van der Waals surface area contributed by atoms with Crippen LogP contribution >= 0.6 is 0 Å². The van der Waals surface area contributed by atoms with E-state index in [1.165, 1.54) is 14.2 Å². The Bertz CT molecular complexity index is 2950. The van der Waals surface area contributed by atoms with Crippen LogP contribution in [-0.4, -0.2) is 87.5 Å². The normalized spacial score (nSPS) is 17.8. The van der Waals surface area contributed by atoms with Gasteiger partial charge in [-0.1, -0.05) is 36.4 Å². The van der Waals surface area contributed by atoms with Gasteiger partial charge >= 0.3 is 5.97 Å². The van der Waals surface area contributed by atoms with Gasteiger partial charge in [-0.05, 0) is 71.1 Å². The van der Waals surface area contributed by atoms with E-state index in [9.17, 15) is 28.8 Å². The predicted octanol–water partition coefficient (Wildman–Crippen LogP) is 6.73. The second kappa shape index (κ2) is 18.0. The van der Waals surface area contributed by atoms with Crippen molar-refractivity contribution >= 4 is 69.9 Å². The summed E-state index contributed by atoms with van der Waals surface area (Å²) in [5, 5.41) is 2.95. The van der Waals surface area contributed by atoms with Gasteiger partial charge in [0.25, 0.3) is 11.8 Å². The third-order valence-corrected chi connectivity index (χ3v) is 13.0. The van der Waals surface area contributed by atoms with Crippen LogP contribution < -0.4 is 39.0 Å². The van der Waals surface area contributed by atoms with E-state index in [1.54, 1.807) is 40.3 Å². The zero-order valence-corrected chi connectivity index (χ0v) is 37.6. The van der Waals surface area contributed by atoms with Gasteiger partial charge in [0.05, 0.1) is 42.8 Å². The lowest BCUT2D eigenvalue weighted by Gasteiger charge is -2.23. The van der Waals surface area contributed by atoms with E-state index in [-0.39, 0.29) is 73.4 Å². The molecule has 5 aliphatic rings. The maximum Gasteiger partial charge on any atom is 0.307 e. The summed E-state index contributed by atoms with van der Waals surface area (Å²) in [4.78, 5) is 88.5. The highest BCUT2D eigenvalue weighted by atomic mass is 16.6. The minimum atomic E-state index is -1.32. The number of benzene rings is 5. The first kappa shape index (κ1) is 43.9. The number of rotatable bonds is 14. The molecule has 0 spiro atoms. The number of esters is 1. The maximum absolute atomic E-state index is 14.1. The highest BCUT2D eigenvalue weighted by Gasteiger charge is 2.43. The molecule has 1 N–H and O–H groups in total. The zero-order chi connectivity index (χ0) is 47.2. The number of nitrogens with zero attached hydrogens (tertiary/aromatic N) is 4. The highest BCUT2D eigenvalue weighted by Crippen LogP contribution is 2.43. The number of carbonyl (C=O) groups excluding carboxylic acids is 6. The number of hydrogen-bond donors (Lipinski definition) is 1. The molecule has 5 aromatic rings. The Kier molecular flexibility index (Phi) is 11.6. The lowest BCUT2D eigenvalue weighted by molar-refractivity contribution is -0.157. The quantitative estimate of drug-likeness (QED) is 0.0917. The first-order valence-corrected chi connectivity index (χ1v) is 22.4. The molecule has 4 heterocycles. The van der Waals surface area contributed by atoms with Crippen molar-refractivity contribution < 1.29 is 52.5 Å². The van der Waals surface area contributed by atoms with Crippen LogP contribution in [0.1, 0.15) is 68.7 Å². The van der Waals surface area contributed by atoms with Crippen LogP contribution in [0.2, 0.25) is 0 Å². The largest absolute Gasteiger partial charge is 0.493 e. The standard InChI is InChI=1S/C52H47N5O11/c1-55(16-8-13-48(60)68-49-42(58)14-15-43(49)59)33-18-29(27-66-46-24-37-35(22-44(46)64-2)51(62)56-34(26-53-37)20-31-9-4-6-11-39(31)56)17-30(19-33)28-67-47-25-38-36(23-45(47)65-3)52(63)57-40-12-7-5-10-32(40)21-41(57)50(61)54-38/h4-7,9-12,17-19,22-26,34,41,49H,8,13-16,20-21,27-28H2,1-3H3,(H,54,61)/t34-,41?/m0/s1. The third-order valence-electron chi connectivity index (χ3n) is 13.0. The lowest BCUT2D eigenvalue weighted by Crippen LogP contribution is -2.42. The molecule has 4 aliphatic heterocycles. The van der Waals surface area contributed by atoms with E-state index in [1.807, 2.05) is 78.7 Å². The smallest absolute Gasteiger partial charge is 0.307 e. The molecule has 16 nitrogen and oxygen atoms in total. The van der Waals surface area contributed by atoms with Crippen molar-refractivity contribution in [3.63, 3.8) is 0 Å². The molecule has 3 amide bonds. The fraction of sp³-hybridized carbons (Fsp3) is 0.288. The first-order chi connectivity index (χ1) is 33.0. The summed E-state index contributed by atoms with van der Waals surface area (Å²) in [6, 6.07) is 26.7. The van der Waals surface area contributed by atoms with Crippen LogP contribution in [-0.2, 0) is 50.0 Å². The van der Waals surface area contributed by atoms with Gasteiger partial charge in [-0.3, -0.25) is 43.6 Å². The molecule has 1 fully saturated rings. The molecule has 0 bridgehead atoms. The SMILES string of the molecule is COc1cc2c(cc1OCc1cc(COc3cc4c(cc3OC)C(=O)N3c5ccccc5CC3C(=O)N4)cc(N(C)CCCC(=O)OC3C(=O)CCC3=O)c1)N=C[C@@H]1Cc3ccccc3N1C2=O. The van der Waals surface area contributed by atoms with Gasteiger partial charge in [0.15, 0.2) is 34.6 Å². The van der Waals surface area contributed by atoms with Crippen molar-refractivity contribution in [2.24, 2.45) is 4.99 Å². The number of para-hydroxylation sites is 2. The van der Waals surface area contributed by atoms with Crippen LogP contribution in [0.15, 0.2) is 96.0 Å². The number of Topliss-reactive ketones (excluding diaryl/α,β-unsaturated/α-hetero) is 2. The second-order valence-corrected chi connectivity index (χ2v) is 17.3. The zero-order valence-electron chi connectivity index (χ0n) is 37.6. The van der Waals surface area contributed by atoms with Gasteiger partial charge in [-0.25, -0.2) is 0 Å². The molecule has 10 rings (SSSR count). The average Bonchev–Trinajstić information content (AvgIpc) is 3.98. The summed E-state index contributed by atoms with van der Waals surface area (Å²) < 4.78 is 29.6. The molecule has 1 aliphatic carbocycles. The molecular formula is C52H47N5O11. The van der Waals surface area contributed by atoms with Gasteiger partial charge in [0.1, 0.15) is 19.3 Å². The number of nitrogens with one attached hydrogen (secondary N) is 1. The summed E-state index contributed by atoms with van der Waals surface area (Å²) in [7, 11) is 4.86. The molecular weight excluding hydrogens is 871 g/mol. The van der Waals surface area contributed by atoms with Gasteiger partial charge in [-0.2, -0.15) is 0 Å². The monoisotopic (exact) mass is 917 g/mol. The highest BCUT2D eigenvalue weighted by molar-refractivity contribution is 6.20. The maximum atomic E-state index is 14.1. The van der Waals surface area contributed by atoms with E-state index in [2.05, 4.69) is 5.32 Å². The fourth-order valence-corrected chi connectivity index (χ4v) is 9.55. The topological polar surface area (TPSA) is 183 Å². The molecule has 0 radical (unpaired) electrons. The van der Waals surface area contributed by atoms with E-state index >= 15 is 0 Å². The Hall–Kier alpha value is -8.01. The number of methoxy groups -OCH3 is 2. The molecule has 346 valence electrons. The van der Waals surface area contributed by atoms with Crippen LogP contribution in [0.4, 0.5) is 28.4 Å². The Balaban J connectivity index is 0.901. The second-order valence-electron chi connectivity index (χ2n) is 17.3. The minimum absolute atomic E-state index is 0.00349. The molecule has 16 heteroatoms. The summed E-state index contributed by atoms with van der Waals surface area (Å²) >= 11 is 0. The van der Waals surface area contributed by atoms with Crippen LogP contribution in [0, 0.1) is 0 Å². The van der Waals surface area contributed by atoms with Gasteiger partial charge < -0.3 is 33.9 Å². The number of amides is 3. The molecule has 1 saturated carbocycles. The van der Waals surface area contributed by atoms with Crippen molar-refractivity contribution in [2.75, 3.05) is 47.8 Å². The van der Waals surface area contributed by atoms with Crippen molar-refractivity contribution in [3.05, 3.63) is 124 Å². The van der Waals surface area contributed by atoms with Crippen molar-refractivity contribution in [3.8, 4) is 23.0 Å². The summed E-state index contributed by atoms with van der Waals surface area (Å²) in [6.07, 6.45) is 2.06. The number of fused-ring (bicyclic) bond motifs is 8. The van der Waals surface area contributed by atoms with E-state index in [4.69, 9.17) is 28.7 Å². The lowest BCUT2D eigenvalue weighted by atomic mass is 10.1. The molecule has 0 saturated heterocycles. The summed E-state index contributed by atoms with van der Waals surface area (Å²) in [6.45, 7) is 0.508. The van der Waals surface area contributed by atoms with E-state index < -0.39 is 18.1 Å². The molecule has 0 aromatic heterocycles. The predicted molar refractivity (Wildman–Crippen MR) is 251 cm³/mol. The Morgan fingerprint density at radius 1 is 0.721 bits per heavy atom. The molecule has 68 heavy (non-hydrogen) atoms. The number of hydrogen-bond acceptors (Lipinski definition) is 13. The van der Waals surface area contributed by atoms with Crippen LogP contribution in [0.5, 0.6) is 23.0 Å². The first-order valence-electron chi connectivity index (χ1n) is 22.4.